The van der Waals surface area contributed by atoms with Crippen LogP contribution in [0.1, 0.15) is 28.9 Å². The molecule has 1 heterocycles. The topological polar surface area (TPSA) is 49.8 Å². The zero-order valence-electron chi connectivity index (χ0n) is 14.4. The summed E-state index contributed by atoms with van der Waals surface area (Å²) in [6.45, 7) is 3.09. The van der Waals surface area contributed by atoms with E-state index < -0.39 is 6.10 Å². The van der Waals surface area contributed by atoms with Crippen LogP contribution in [0.5, 0.6) is 5.75 Å². The summed E-state index contributed by atoms with van der Waals surface area (Å²) in [6, 6.07) is 12.9. The summed E-state index contributed by atoms with van der Waals surface area (Å²) < 4.78 is 18.2. The van der Waals surface area contributed by atoms with E-state index >= 15 is 0 Å². The fourth-order valence-electron chi connectivity index (χ4n) is 3.39. The van der Waals surface area contributed by atoms with Gasteiger partial charge < -0.3 is 14.7 Å². The summed E-state index contributed by atoms with van der Waals surface area (Å²) in [4.78, 5) is 14.3. The second kappa shape index (κ2) is 7.23. The maximum atomic E-state index is 13.0. The normalized spacial score (nSPS) is 21.2. The Bertz CT molecular complexity index is 730. The Kier molecular flexibility index (Phi) is 5.04. The second-order valence-electron chi connectivity index (χ2n) is 6.58. The minimum atomic E-state index is -0.646. The Balaban J connectivity index is 1.71. The van der Waals surface area contributed by atoms with Crippen LogP contribution in [-0.4, -0.2) is 36.1 Å². The third-order valence-corrected chi connectivity index (χ3v) is 4.91. The molecule has 0 aromatic heterocycles. The van der Waals surface area contributed by atoms with Gasteiger partial charge in [0.15, 0.2) is 0 Å². The van der Waals surface area contributed by atoms with Crippen molar-refractivity contribution in [2.45, 2.75) is 13.0 Å². The van der Waals surface area contributed by atoms with Gasteiger partial charge in [0, 0.05) is 24.6 Å². The average molecular weight is 343 g/mol. The van der Waals surface area contributed by atoms with Crippen LogP contribution in [0.15, 0.2) is 48.5 Å². The van der Waals surface area contributed by atoms with Crippen molar-refractivity contribution in [1.29, 1.82) is 0 Å². The van der Waals surface area contributed by atoms with E-state index in [-0.39, 0.29) is 23.6 Å². The van der Waals surface area contributed by atoms with Gasteiger partial charge in [0.2, 0.25) is 0 Å². The van der Waals surface area contributed by atoms with Crippen molar-refractivity contribution in [2.75, 3.05) is 20.2 Å². The van der Waals surface area contributed by atoms with Gasteiger partial charge >= 0.3 is 0 Å². The molecule has 1 amide bonds. The lowest BCUT2D eigenvalue weighted by Gasteiger charge is -2.22. The highest BCUT2D eigenvalue weighted by Crippen LogP contribution is 2.35. The molecule has 1 aliphatic rings. The van der Waals surface area contributed by atoms with Crippen LogP contribution in [0.25, 0.3) is 0 Å². The lowest BCUT2D eigenvalue weighted by molar-refractivity contribution is 0.0742. The van der Waals surface area contributed by atoms with Gasteiger partial charge in [0.1, 0.15) is 11.6 Å². The van der Waals surface area contributed by atoms with E-state index in [0.29, 0.717) is 18.7 Å². The molecule has 1 fully saturated rings. The van der Waals surface area contributed by atoms with E-state index in [1.807, 2.05) is 31.2 Å². The zero-order chi connectivity index (χ0) is 18.0. The number of likely N-dealkylation sites (tertiary alicyclic amines) is 1. The Labute approximate surface area is 146 Å². The summed E-state index contributed by atoms with van der Waals surface area (Å²) in [5.74, 6) is 0.373. The number of benzene rings is 2. The molecule has 0 saturated carbocycles. The lowest BCUT2D eigenvalue weighted by atomic mass is 9.88. The molecule has 3 rings (SSSR count). The largest absolute Gasteiger partial charge is 0.497 e. The number of carbonyl (C=O) groups excluding carboxylic acids is 1. The predicted octanol–water partition coefficient (Wildman–Crippen LogP) is 3.28. The van der Waals surface area contributed by atoms with E-state index in [9.17, 15) is 14.3 Å². The Morgan fingerprint density at radius 2 is 1.80 bits per heavy atom. The summed E-state index contributed by atoms with van der Waals surface area (Å²) in [7, 11) is 1.60. The van der Waals surface area contributed by atoms with Gasteiger partial charge in [-0.1, -0.05) is 19.1 Å². The SMILES string of the molecule is COc1ccc([C@H](O)C2CN(C(=O)c3ccc(F)cc3)C[C@@H]2C)cc1. The fourth-order valence-corrected chi connectivity index (χ4v) is 3.39. The first-order valence-corrected chi connectivity index (χ1v) is 8.36. The molecule has 0 aliphatic carbocycles. The van der Waals surface area contributed by atoms with Gasteiger partial charge in [0.05, 0.1) is 13.2 Å². The standard InChI is InChI=1S/C20H22FNO3/c1-13-11-22(20(24)15-3-7-16(21)8-4-15)12-18(13)19(23)14-5-9-17(25-2)10-6-14/h3-10,13,18-19,23H,11-12H2,1-2H3/t13-,18?,19-/m0/s1. The van der Waals surface area contributed by atoms with E-state index in [1.54, 1.807) is 12.0 Å². The maximum absolute atomic E-state index is 13.0. The van der Waals surface area contributed by atoms with Gasteiger partial charge in [-0.25, -0.2) is 4.39 Å². The molecule has 5 heteroatoms. The number of hydrogen-bond acceptors (Lipinski definition) is 3. The van der Waals surface area contributed by atoms with Gasteiger partial charge in [-0.3, -0.25) is 4.79 Å². The number of rotatable bonds is 4. The second-order valence-corrected chi connectivity index (χ2v) is 6.58. The van der Waals surface area contributed by atoms with Gasteiger partial charge in [-0.2, -0.15) is 0 Å². The molecule has 132 valence electrons. The quantitative estimate of drug-likeness (QED) is 0.927. The third kappa shape index (κ3) is 3.66. The van der Waals surface area contributed by atoms with Crippen molar-refractivity contribution in [3.8, 4) is 5.75 Å². The minimum Gasteiger partial charge on any atom is -0.497 e. The van der Waals surface area contributed by atoms with E-state index in [0.717, 1.165) is 11.3 Å². The van der Waals surface area contributed by atoms with Crippen LogP contribution < -0.4 is 4.74 Å². The number of methoxy groups -OCH3 is 1. The number of aliphatic hydroxyl groups excluding tert-OH is 1. The van der Waals surface area contributed by atoms with Crippen molar-refractivity contribution >= 4 is 5.91 Å². The lowest BCUT2D eigenvalue weighted by Crippen LogP contribution is -2.29. The molecule has 0 bridgehead atoms. The molecule has 1 N–H and O–H groups in total. The van der Waals surface area contributed by atoms with Gasteiger partial charge in [-0.05, 0) is 47.9 Å². The number of aliphatic hydroxyl groups is 1. The monoisotopic (exact) mass is 343 g/mol. The van der Waals surface area contributed by atoms with Crippen LogP contribution in [0.3, 0.4) is 0 Å². The first kappa shape index (κ1) is 17.4. The van der Waals surface area contributed by atoms with Crippen LogP contribution in [-0.2, 0) is 0 Å². The number of hydrogen-bond donors (Lipinski definition) is 1. The maximum Gasteiger partial charge on any atom is 0.253 e. The number of nitrogens with zero attached hydrogens (tertiary/aromatic N) is 1. The first-order chi connectivity index (χ1) is 12.0. The molecule has 4 nitrogen and oxygen atoms in total. The molecule has 0 spiro atoms. The van der Waals surface area contributed by atoms with Crippen molar-refractivity contribution in [3.63, 3.8) is 0 Å². The van der Waals surface area contributed by atoms with Crippen molar-refractivity contribution < 1.29 is 19.0 Å². The molecule has 2 aromatic carbocycles. The van der Waals surface area contributed by atoms with E-state index in [2.05, 4.69) is 0 Å². The van der Waals surface area contributed by atoms with Crippen molar-refractivity contribution in [1.82, 2.24) is 4.90 Å². The first-order valence-electron chi connectivity index (χ1n) is 8.36. The number of carbonyl (C=O) groups is 1. The molecule has 2 aromatic rings. The van der Waals surface area contributed by atoms with E-state index in [1.165, 1.54) is 24.3 Å². The number of ether oxygens (including phenoxy) is 1. The van der Waals surface area contributed by atoms with E-state index in [4.69, 9.17) is 4.74 Å². The van der Waals surface area contributed by atoms with Crippen LogP contribution >= 0.6 is 0 Å². The summed E-state index contributed by atoms with van der Waals surface area (Å²) in [5.41, 5.74) is 1.28. The molecular weight excluding hydrogens is 321 g/mol. The molecule has 1 aliphatic heterocycles. The Morgan fingerprint density at radius 3 is 2.40 bits per heavy atom. The van der Waals surface area contributed by atoms with Crippen molar-refractivity contribution in [3.05, 3.63) is 65.5 Å². The van der Waals surface area contributed by atoms with Crippen molar-refractivity contribution in [2.24, 2.45) is 11.8 Å². The summed E-state index contributed by atoms with van der Waals surface area (Å²) in [6.07, 6.45) is -0.646. The Hall–Kier alpha value is -2.40. The van der Waals surface area contributed by atoms with Crippen LogP contribution in [0.4, 0.5) is 4.39 Å². The summed E-state index contributed by atoms with van der Waals surface area (Å²) >= 11 is 0. The van der Waals surface area contributed by atoms with Crippen LogP contribution in [0, 0.1) is 17.7 Å². The smallest absolute Gasteiger partial charge is 0.253 e. The molecular formula is C20H22FNO3. The highest BCUT2D eigenvalue weighted by molar-refractivity contribution is 5.94. The summed E-state index contributed by atoms with van der Waals surface area (Å²) in [5, 5.41) is 10.7. The molecule has 3 atom stereocenters. The molecule has 0 radical (unpaired) electrons. The molecule has 1 unspecified atom stereocenters. The Morgan fingerprint density at radius 1 is 1.16 bits per heavy atom. The average Bonchev–Trinajstić information content (AvgIpc) is 3.03. The highest BCUT2D eigenvalue weighted by Gasteiger charge is 2.37. The number of halogens is 1. The van der Waals surface area contributed by atoms with Crippen LogP contribution in [0.2, 0.25) is 0 Å². The number of amides is 1. The molecule has 25 heavy (non-hydrogen) atoms. The van der Waals surface area contributed by atoms with Gasteiger partial charge in [-0.15, -0.1) is 0 Å². The minimum absolute atomic E-state index is 0.0437. The molecule has 1 saturated heterocycles. The third-order valence-electron chi connectivity index (χ3n) is 4.91. The van der Waals surface area contributed by atoms with Gasteiger partial charge in [0.25, 0.3) is 5.91 Å². The highest BCUT2D eigenvalue weighted by atomic mass is 19.1. The predicted molar refractivity (Wildman–Crippen MR) is 92.9 cm³/mol. The fraction of sp³-hybridized carbons (Fsp3) is 0.350. The zero-order valence-corrected chi connectivity index (χ0v) is 14.4.